The molecule has 0 aliphatic rings. The van der Waals surface area contributed by atoms with Crippen molar-refractivity contribution in [2.24, 2.45) is 5.84 Å². The number of halogens is 4. The fraction of sp³-hybridized carbons (Fsp3) is 0.111. The number of hydrogen-bond acceptors (Lipinski definition) is 4. The van der Waals surface area contributed by atoms with Crippen molar-refractivity contribution in [3.63, 3.8) is 0 Å². The van der Waals surface area contributed by atoms with E-state index < -0.39 is 11.7 Å². The van der Waals surface area contributed by atoms with Gasteiger partial charge in [0.2, 0.25) is 0 Å². The Hall–Kier alpha value is -1.80. The first-order chi connectivity index (χ1) is 8.40. The van der Waals surface area contributed by atoms with E-state index in [1.54, 1.807) is 0 Å². The van der Waals surface area contributed by atoms with Crippen LogP contribution in [0.3, 0.4) is 0 Å². The summed E-state index contributed by atoms with van der Waals surface area (Å²) in [6.07, 6.45) is -1.87. The number of nitrogens with two attached hydrogens (primary N) is 1. The van der Waals surface area contributed by atoms with Crippen LogP contribution in [0.2, 0.25) is 5.02 Å². The molecule has 0 spiro atoms. The molecule has 96 valence electrons. The zero-order valence-corrected chi connectivity index (χ0v) is 9.50. The normalized spacial score (nSPS) is 11.6. The summed E-state index contributed by atoms with van der Waals surface area (Å²) in [7, 11) is 0. The van der Waals surface area contributed by atoms with Gasteiger partial charge in [-0.25, -0.2) is 15.5 Å². The Morgan fingerprint density at radius 3 is 2.56 bits per heavy atom. The van der Waals surface area contributed by atoms with Crippen molar-refractivity contribution in [1.82, 2.24) is 14.8 Å². The summed E-state index contributed by atoms with van der Waals surface area (Å²) in [5, 5.41) is 4.06. The molecule has 0 radical (unpaired) electrons. The van der Waals surface area contributed by atoms with Crippen LogP contribution in [-0.2, 0) is 6.18 Å². The van der Waals surface area contributed by atoms with Gasteiger partial charge in [0, 0.05) is 0 Å². The van der Waals surface area contributed by atoms with Crippen molar-refractivity contribution in [1.29, 1.82) is 0 Å². The van der Waals surface area contributed by atoms with Crippen LogP contribution in [0.4, 0.5) is 19.0 Å². The van der Waals surface area contributed by atoms with Gasteiger partial charge in [0.1, 0.15) is 5.82 Å². The van der Waals surface area contributed by atoms with Crippen LogP contribution >= 0.6 is 11.6 Å². The molecule has 9 heteroatoms. The molecular weight excluding hydrogens is 271 g/mol. The zero-order valence-electron chi connectivity index (χ0n) is 8.74. The Bertz CT molecular complexity index is 566. The minimum absolute atomic E-state index is 0.0373. The largest absolute Gasteiger partial charge is 0.416 e. The second-order valence-electron chi connectivity index (χ2n) is 3.34. The molecule has 0 aromatic carbocycles. The first-order valence-electron chi connectivity index (χ1n) is 4.66. The SMILES string of the molecule is NNc1cc(C(F)(F)F)cc(-n2cc(Cl)cn2)n1. The highest BCUT2D eigenvalue weighted by molar-refractivity contribution is 6.30. The van der Waals surface area contributed by atoms with Crippen molar-refractivity contribution < 1.29 is 13.2 Å². The number of anilines is 1. The van der Waals surface area contributed by atoms with Gasteiger partial charge in [0.25, 0.3) is 0 Å². The van der Waals surface area contributed by atoms with Crippen LogP contribution in [0.5, 0.6) is 0 Å². The van der Waals surface area contributed by atoms with E-state index in [4.69, 9.17) is 17.4 Å². The maximum absolute atomic E-state index is 12.7. The maximum atomic E-state index is 12.7. The molecule has 0 saturated heterocycles. The summed E-state index contributed by atoms with van der Waals surface area (Å²) in [6.45, 7) is 0. The monoisotopic (exact) mass is 277 g/mol. The number of nitrogens with one attached hydrogen (secondary N) is 1. The van der Waals surface area contributed by atoms with Gasteiger partial charge < -0.3 is 5.43 Å². The minimum atomic E-state index is -4.50. The summed E-state index contributed by atoms with van der Waals surface area (Å²) < 4.78 is 39.1. The highest BCUT2D eigenvalue weighted by atomic mass is 35.5. The number of alkyl halides is 3. The minimum Gasteiger partial charge on any atom is -0.308 e. The number of pyridine rings is 1. The van der Waals surface area contributed by atoms with E-state index in [1.165, 1.54) is 12.4 Å². The summed E-state index contributed by atoms with van der Waals surface area (Å²) in [6, 6.07) is 1.65. The smallest absolute Gasteiger partial charge is 0.308 e. The molecule has 2 heterocycles. The Kier molecular flexibility index (Phi) is 3.14. The second kappa shape index (κ2) is 4.46. The molecule has 0 aliphatic heterocycles. The van der Waals surface area contributed by atoms with E-state index in [2.05, 4.69) is 15.5 Å². The number of aromatic nitrogens is 3. The van der Waals surface area contributed by atoms with Crippen molar-refractivity contribution in [2.75, 3.05) is 5.43 Å². The lowest BCUT2D eigenvalue weighted by molar-refractivity contribution is -0.137. The highest BCUT2D eigenvalue weighted by Gasteiger charge is 2.31. The van der Waals surface area contributed by atoms with Crippen LogP contribution in [0.1, 0.15) is 5.56 Å². The van der Waals surface area contributed by atoms with Crippen molar-refractivity contribution in [2.45, 2.75) is 6.18 Å². The molecule has 5 nitrogen and oxygen atoms in total. The van der Waals surface area contributed by atoms with Crippen LogP contribution in [-0.4, -0.2) is 14.8 Å². The predicted octanol–water partition coefficient (Wildman–Crippen LogP) is 2.23. The van der Waals surface area contributed by atoms with Crippen LogP contribution < -0.4 is 11.3 Å². The van der Waals surface area contributed by atoms with E-state index in [0.717, 1.165) is 16.8 Å². The lowest BCUT2D eigenvalue weighted by atomic mass is 10.2. The van der Waals surface area contributed by atoms with Gasteiger partial charge >= 0.3 is 6.18 Å². The van der Waals surface area contributed by atoms with Crippen LogP contribution in [0, 0.1) is 0 Å². The van der Waals surface area contributed by atoms with Gasteiger partial charge in [-0.15, -0.1) is 0 Å². The first-order valence-corrected chi connectivity index (χ1v) is 5.04. The quantitative estimate of drug-likeness (QED) is 0.652. The Morgan fingerprint density at radius 1 is 1.33 bits per heavy atom. The van der Waals surface area contributed by atoms with Crippen molar-refractivity contribution in [3.05, 3.63) is 35.1 Å². The molecule has 2 aromatic heterocycles. The first kappa shape index (κ1) is 12.7. The molecule has 2 rings (SSSR count). The standard InChI is InChI=1S/C9H7ClF3N5/c10-6-3-15-18(4-6)8-2-5(9(11,12)13)1-7(16-8)17-14/h1-4H,14H2,(H,16,17). The van der Waals surface area contributed by atoms with Gasteiger partial charge in [-0.3, -0.25) is 0 Å². The lowest BCUT2D eigenvalue weighted by Gasteiger charge is -2.10. The van der Waals surface area contributed by atoms with Gasteiger partial charge in [-0.2, -0.15) is 18.3 Å². The average molecular weight is 278 g/mol. The average Bonchev–Trinajstić information content (AvgIpc) is 2.74. The molecule has 0 fully saturated rings. The third-order valence-corrected chi connectivity index (χ3v) is 2.27. The number of rotatable bonds is 2. The zero-order chi connectivity index (χ0) is 13.3. The topological polar surface area (TPSA) is 68.8 Å². The summed E-state index contributed by atoms with van der Waals surface area (Å²) >= 11 is 5.64. The Morgan fingerprint density at radius 2 is 2.06 bits per heavy atom. The van der Waals surface area contributed by atoms with Gasteiger partial charge in [0.05, 0.1) is 23.0 Å². The molecule has 0 aliphatic carbocycles. The molecule has 0 unspecified atom stereocenters. The third-order valence-electron chi connectivity index (χ3n) is 2.07. The Balaban J connectivity index is 2.54. The molecule has 18 heavy (non-hydrogen) atoms. The molecule has 2 aromatic rings. The number of hydrogen-bond donors (Lipinski definition) is 2. The summed E-state index contributed by atoms with van der Waals surface area (Å²) in [4.78, 5) is 3.85. The van der Waals surface area contributed by atoms with E-state index in [-0.39, 0.29) is 16.7 Å². The van der Waals surface area contributed by atoms with Crippen LogP contribution in [0.15, 0.2) is 24.5 Å². The van der Waals surface area contributed by atoms with E-state index in [0.29, 0.717) is 0 Å². The van der Waals surface area contributed by atoms with E-state index in [9.17, 15) is 13.2 Å². The second-order valence-corrected chi connectivity index (χ2v) is 3.78. The van der Waals surface area contributed by atoms with E-state index in [1.807, 2.05) is 0 Å². The predicted molar refractivity (Wildman–Crippen MR) is 59.2 cm³/mol. The maximum Gasteiger partial charge on any atom is 0.416 e. The summed E-state index contributed by atoms with van der Waals surface area (Å²) in [5.41, 5.74) is 1.19. The Labute approximate surface area is 104 Å². The summed E-state index contributed by atoms with van der Waals surface area (Å²) in [5.74, 6) is 4.92. The fourth-order valence-corrected chi connectivity index (χ4v) is 1.43. The lowest BCUT2D eigenvalue weighted by Crippen LogP contribution is -2.14. The van der Waals surface area contributed by atoms with E-state index >= 15 is 0 Å². The van der Waals surface area contributed by atoms with Crippen molar-refractivity contribution >= 4 is 17.4 Å². The van der Waals surface area contributed by atoms with Crippen LogP contribution in [0.25, 0.3) is 5.82 Å². The van der Waals surface area contributed by atoms with Gasteiger partial charge in [0.15, 0.2) is 5.82 Å². The molecule has 0 saturated carbocycles. The third kappa shape index (κ3) is 2.54. The molecule has 0 atom stereocenters. The molecule has 3 N–H and O–H groups in total. The molecule has 0 bridgehead atoms. The van der Waals surface area contributed by atoms with Gasteiger partial charge in [-0.05, 0) is 12.1 Å². The van der Waals surface area contributed by atoms with Crippen molar-refractivity contribution in [3.8, 4) is 5.82 Å². The number of nitrogens with zero attached hydrogens (tertiary/aromatic N) is 3. The number of hydrazine groups is 1. The van der Waals surface area contributed by atoms with Gasteiger partial charge in [-0.1, -0.05) is 11.6 Å². The fourth-order valence-electron chi connectivity index (χ4n) is 1.30. The molecular formula is C9H7ClF3N5. The number of nitrogen functional groups attached to an aromatic ring is 1. The molecule has 0 amide bonds. The highest BCUT2D eigenvalue weighted by Crippen LogP contribution is 2.31.